The Labute approximate surface area is 236 Å². The van der Waals surface area contributed by atoms with Gasteiger partial charge in [0.2, 0.25) is 0 Å². The summed E-state index contributed by atoms with van der Waals surface area (Å²) in [6.45, 7) is 5.79. The first kappa shape index (κ1) is 30.8. The van der Waals surface area contributed by atoms with Gasteiger partial charge in [-0.2, -0.15) is 0 Å². The van der Waals surface area contributed by atoms with Gasteiger partial charge in [-0.3, -0.25) is 0 Å². The molecule has 0 aliphatic carbocycles. The third-order valence-electron chi connectivity index (χ3n) is 7.66. The van der Waals surface area contributed by atoms with Gasteiger partial charge in [-0.05, 0) is 31.0 Å². The number of benzene rings is 3. The van der Waals surface area contributed by atoms with Crippen molar-refractivity contribution in [1.29, 1.82) is 0 Å². The molecule has 39 heavy (non-hydrogen) atoms. The molecule has 3 aromatic rings. The fraction of sp³-hybridized carbons (Fsp3) is 0.571. The highest BCUT2D eigenvalue weighted by Crippen LogP contribution is 2.43. The van der Waals surface area contributed by atoms with E-state index in [1.165, 1.54) is 83.5 Å². The van der Waals surface area contributed by atoms with Crippen LogP contribution >= 0.6 is 0 Å². The summed E-state index contributed by atoms with van der Waals surface area (Å²) >= 11 is 0. The topological polar surface area (TPSA) is 55.8 Å². The van der Waals surface area contributed by atoms with Gasteiger partial charge in [-0.1, -0.05) is 128 Å². The Morgan fingerprint density at radius 1 is 0.564 bits per heavy atom. The van der Waals surface area contributed by atoms with Crippen LogP contribution in [-0.4, -0.2) is 24.3 Å². The minimum atomic E-state index is -0.930. The maximum absolute atomic E-state index is 11.8. The van der Waals surface area contributed by atoms with Gasteiger partial charge in [0.15, 0.2) is 0 Å². The summed E-state index contributed by atoms with van der Waals surface area (Å²) in [5, 5.41) is 13.4. The van der Waals surface area contributed by atoms with Crippen LogP contribution in [0.3, 0.4) is 0 Å². The lowest BCUT2D eigenvalue weighted by Gasteiger charge is -2.18. The third-order valence-corrected chi connectivity index (χ3v) is 7.66. The molecule has 0 spiro atoms. The second-order valence-corrected chi connectivity index (χ2v) is 10.9. The molecule has 0 aliphatic rings. The van der Waals surface area contributed by atoms with Crippen molar-refractivity contribution in [2.75, 3.05) is 13.2 Å². The van der Waals surface area contributed by atoms with E-state index in [-0.39, 0.29) is 5.56 Å². The zero-order valence-electron chi connectivity index (χ0n) is 24.4. The van der Waals surface area contributed by atoms with Crippen LogP contribution in [0.25, 0.3) is 21.5 Å². The van der Waals surface area contributed by atoms with E-state index in [1.807, 2.05) is 18.2 Å². The highest BCUT2D eigenvalue weighted by atomic mass is 16.5. The van der Waals surface area contributed by atoms with E-state index in [4.69, 9.17) is 9.47 Å². The predicted octanol–water partition coefficient (Wildman–Crippen LogP) is 10.7. The van der Waals surface area contributed by atoms with E-state index >= 15 is 0 Å². The van der Waals surface area contributed by atoms with Crippen LogP contribution in [0, 0.1) is 0 Å². The number of carbonyl (C=O) groups is 1. The molecule has 0 amide bonds. The molecule has 0 saturated carbocycles. The molecule has 0 unspecified atom stereocenters. The van der Waals surface area contributed by atoms with Gasteiger partial charge in [0, 0.05) is 21.5 Å². The molecule has 0 aromatic heterocycles. The van der Waals surface area contributed by atoms with E-state index in [0.29, 0.717) is 13.2 Å². The molecule has 0 bridgehead atoms. The van der Waals surface area contributed by atoms with Crippen LogP contribution in [0.4, 0.5) is 0 Å². The van der Waals surface area contributed by atoms with Crippen molar-refractivity contribution in [2.45, 2.75) is 117 Å². The Kier molecular flexibility index (Phi) is 14.0. The highest BCUT2D eigenvalue weighted by molar-refractivity contribution is 6.12. The Morgan fingerprint density at radius 3 is 1.44 bits per heavy atom. The quantitative estimate of drug-likeness (QED) is 0.109. The zero-order chi connectivity index (χ0) is 27.7. The Balaban J connectivity index is 1.71. The highest BCUT2D eigenvalue weighted by Gasteiger charge is 2.18. The molecule has 3 aromatic carbocycles. The molecule has 0 atom stereocenters. The fourth-order valence-electron chi connectivity index (χ4n) is 5.36. The van der Waals surface area contributed by atoms with Crippen LogP contribution in [0.2, 0.25) is 0 Å². The molecule has 4 heteroatoms. The average molecular weight is 535 g/mol. The van der Waals surface area contributed by atoms with Crippen LogP contribution < -0.4 is 9.47 Å². The summed E-state index contributed by atoms with van der Waals surface area (Å²) in [5.41, 5.74) is 0.267. The maximum Gasteiger partial charge on any atom is 0.335 e. The SMILES string of the molecule is CCCCCCCCCCOc1c2ccccc2c(OCCCCCCCCCC)c2cc(C(=O)O)ccc12. The first-order valence-corrected chi connectivity index (χ1v) is 15.6. The summed E-state index contributed by atoms with van der Waals surface area (Å²) in [7, 11) is 0. The van der Waals surface area contributed by atoms with Crippen molar-refractivity contribution < 1.29 is 19.4 Å². The fourth-order valence-corrected chi connectivity index (χ4v) is 5.36. The second-order valence-electron chi connectivity index (χ2n) is 10.9. The number of aromatic carboxylic acids is 1. The molecule has 1 N–H and O–H groups in total. The van der Waals surface area contributed by atoms with Gasteiger partial charge in [-0.15, -0.1) is 0 Å². The minimum absolute atomic E-state index is 0.267. The molecule has 214 valence electrons. The monoisotopic (exact) mass is 534 g/mol. The number of hydrogen-bond acceptors (Lipinski definition) is 3. The summed E-state index contributed by atoms with van der Waals surface area (Å²) < 4.78 is 12.8. The van der Waals surface area contributed by atoms with Crippen molar-refractivity contribution >= 4 is 27.5 Å². The van der Waals surface area contributed by atoms with Crippen molar-refractivity contribution in [3.05, 3.63) is 48.0 Å². The van der Waals surface area contributed by atoms with Crippen molar-refractivity contribution in [3.8, 4) is 11.5 Å². The van der Waals surface area contributed by atoms with Crippen LogP contribution in [0.15, 0.2) is 42.5 Å². The van der Waals surface area contributed by atoms with Crippen molar-refractivity contribution in [2.24, 2.45) is 0 Å². The molecular formula is C35H50O4. The number of carboxylic acid groups (broad SMARTS) is 1. The van der Waals surface area contributed by atoms with Crippen LogP contribution in [-0.2, 0) is 0 Å². The lowest BCUT2D eigenvalue weighted by molar-refractivity contribution is 0.0697. The van der Waals surface area contributed by atoms with Gasteiger partial charge in [0.1, 0.15) is 11.5 Å². The smallest absolute Gasteiger partial charge is 0.335 e. The molecule has 0 saturated heterocycles. The number of hydrogen-bond donors (Lipinski definition) is 1. The van der Waals surface area contributed by atoms with E-state index in [2.05, 4.69) is 26.0 Å². The van der Waals surface area contributed by atoms with Crippen molar-refractivity contribution in [1.82, 2.24) is 0 Å². The number of ether oxygens (including phenoxy) is 2. The van der Waals surface area contributed by atoms with Gasteiger partial charge >= 0.3 is 5.97 Å². The van der Waals surface area contributed by atoms with Gasteiger partial charge in [0.05, 0.1) is 18.8 Å². The lowest BCUT2D eigenvalue weighted by Crippen LogP contribution is -2.03. The largest absolute Gasteiger partial charge is 0.492 e. The summed E-state index contributed by atoms with van der Waals surface area (Å²) in [5.74, 6) is 0.673. The summed E-state index contributed by atoms with van der Waals surface area (Å²) in [4.78, 5) is 11.8. The lowest BCUT2D eigenvalue weighted by atomic mass is 9.98. The van der Waals surface area contributed by atoms with Gasteiger partial charge in [-0.25, -0.2) is 4.79 Å². The van der Waals surface area contributed by atoms with E-state index in [0.717, 1.165) is 52.3 Å². The zero-order valence-corrected chi connectivity index (χ0v) is 24.4. The average Bonchev–Trinajstić information content (AvgIpc) is 2.95. The van der Waals surface area contributed by atoms with E-state index in [9.17, 15) is 9.90 Å². The number of fused-ring (bicyclic) bond motifs is 2. The van der Waals surface area contributed by atoms with E-state index in [1.54, 1.807) is 12.1 Å². The summed E-state index contributed by atoms with van der Waals surface area (Å²) in [6, 6.07) is 13.5. The maximum atomic E-state index is 11.8. The van der Waals surface area contributed by atoms with E-state index < -0.39 is 5.97 Å². The summed E-state index contributed by atoms with van der Waals surface area (Å²) in [6.07, 6.45) is 20.0. The van der Waals surface area contributed by atoms with Crippen molar-refractivity contribution in [3.63, 3.8) is 0 Å². The van der Waals surface area contributed by atoms with Crippen LogP contribution in [0.1, 0.15) is 127 Å². The van der Waals surface area contributed by atoms with Gasteiger partial charge < -0.3 is 14.6 Å². The molecule has 0 fully saturated rings. The third kappa shape index (κ3) is 9.74. The predicted molar refractivity (Wildman–Crippen MR) is 165 cm³/mol. The number of carboxylic acids is 1. The normalized spacial score (nSPS) is 11.3. The second kappa shape index (κ2) is 17.8. The molecule has 3 rings (SSSR count). The Bertz CT molecular complexity index is 1140. The molecule has 0 heterocycles. The number of unbranched alkanes of at least 4 members (excludes halogenated alkanes) is 14. The number of rotatable bonds is 21. The minimum Gasteiger partial charge on any atom is -0.492 e. The molecule has 4 nitrogen and oxygen atoms in total. The first-order valence-electron chi connectivity index (χ1n) is 15.6. The Hall–Kier alpha value is -2.75. The van der Waals surface area contributed by atoms with Crippen LogP contribution in [0.5, 0.6) is 11.5 Å². The van der Waals surface area contributed by atoms with Gasteiger partial charge in [0.25, 0.3) is 0 Å². The standard InChI is InChI=1S/C35H50O4/c1-3-5-7-9-11-13-15-19-25-38-33-29-21-17-18-22-30(29)34(32-27-28(35(36)37)23-24-31(32)33)39-26-20-16-14-12-10-8-6-4-2/h17-18,21-24,27H,3-16,19-20,25-26H2,1-2H3,(H,36,37). The molecule has 0 radical (unpaired) electrons. The first-order chi connectivity index (χ1) is 19.2. The Morgan fingerprint density at radius 2 is 0.974 bits per heavy atom. The molecule has 0 aliphatic heterocycles. The molecular weight excluding hydrogens is 484 g/mol.